The molecule has 1 aliphatic heterocycles. The van der Waals surface area contributed by atoms with E-state index in [-0.39, 0.29) is 36.3 Å². The minimum atomic E-state index is -4.87. The van der Waals surface area contributed by atoms with Crippen LogP contribution in [0.2, 0.25) is 0 Å². The summed E-state index contributed by atoms with van der Waals surface area (Å²) < 4.78 is 56.0. The Kier molecular flexibility index (Phi) is 6.12. The average Bonchev–Trinajstić information content (AvgIpc) is 3.64. The molecule has 0 radical (unpaired) electrons. The molecular weight excluding hydrogens is 496 g/mol. The largest absolute Gasteiger partial charge is 0.573 e. The summed E-state index contributed by atoms with van der Waals surface area (Å²) in [7, 11) is 0. The van der Waals surface area contributed by atoms with Gasteiger partial charge < -0.3 is 20.1 Å². The Labute approximate surface area is 209 Å². The number of hydrogen-bond acceptors (Lipinski definition) is 4. The van der Waals surface area contributed by atoms with Crippen LogP contribution < -0.4 is 15.0 Å². The molecule has 0 unspecified atom stereocenters. The van der Waals surface area contributed by atoms with Crippen LogP contribution in [0.3, 0.4) is 0 Å². The van der Waals surface area contributed by atoms with Crippen LogP contribution >= 0.6 is 0 Å². The van der Waals surface area contributed by atoms with Crippen LogP contribution in [0.4, 0.5) is 23.2 Å². The van der Waals surface area contributed by atoms with Crippen LogP contribution in [0, 0.1) is 17.7 Å². The average molecular weight is 520 g/mol. The lowest BCUT2D eigenvalue weighted by Crippen LogP contribution is -2.67. The Hall–Kier alpha value is -3.63. The summed E-state index contributed by atoms with van der Waals surface area (Å²) in [5.41, 5.74) is 0.140. The first-order valence-electron chi connectivity index (χ1n) is 12.0. The van der Waals surface area contributed by atoms with Gasteiger partial charge in [-0.25, -0.2) is 4.39 Å². The molecule has 2 aromatic carbocycles. The third-order valence-corrected chi connectivity index (χ3v) is 7.51. The molecule has 37 heavy (non-hydrogen) atoms. The van der Waals surface area contributed by atoms with E-state index in [0.717, 1.165) is 25.0 Å². The molecule has 2 amide bonds. The Morgan fingerprint density at radius 1 is 1.03 bits per heavy atom. The molecule has 0 aromatic heterocycles. The third-order valence-electron chi connectivity index (χ3n) is 7.51. The summed E-state index contributed by atoms with van der Waals surface area (Å²) >= 11 is 0. The second kappa shape index (κ2) is 9.04. The number of alkyl halides is 3. The maximum atomic E-state index is 14.5. The fourth-order valence-electron chi connectivity index (χ4n) is 5.79. The number of halogens is 4. The topological polar surface area (TPSA) is 95.9 Å². The maximum absolute atomic E-state index is 14.5. The fraction of sp³-hybridized carbons (Fsp3) is 0.423. The van der Waals surface area contributed by atoms with E-state index in [4.69, 9.17) is 5.11 Å². The van der Waals surface area contributed by atoms with Crippen molar-refractivity contribution in [3.05, 3.63) is 59.4 Å². The summed E-state index contributed by atoms with van der Waals surface area (Å²) in [6, 6.07) is 8.26. The maximum Gasteiger partial charge on any atom is 0.573 e. The number of aliphatic carboxylic acids is 1. The lowest BCUT2D eigenvalue weighted by molar-refractivity contribution is -0.274. The number of amides is 2. The van der Waals surface area contributed by atoms with Crippen molar-refractivity contribution in [3.63, 3.8) is 0 Å². The van der Waals surface area contributed by atoms with Gasteiger partial charge in [0.2, 0.25) is 5.91 Å². The molecule has 0 bridgehead atoms. The van der Waals surface area contributed by atoms with Gasteiger partial charge in [0.25, 0.3) is 5.91 Å². The SMILES string of the molecule is O=C(O)CCC(=O)N[C@]1(C2CC2)c2ccc(F)cc2N(C(=O)c2ccc(OC(F)(F)F)cc2)[C@@H]2CC[C@@H]21. The summed E-state index contributed by atoms with van der Waals surface area (Å²) in [6.45, 7) is 0. The lowest BCUT2D eigenvalue weighted by Gasteiger charge is -2.59. The van der Waals surface area contributed by atoms with Crippen LogP contribution in [-0.4, -0.2) is 35.3 Å². The van der Waals surface area contributed by atoms with Gasteiger partial charge in [0.15, 0.2) is 0 Å². The van der Waals surface area contributed by atoms with Crippen molar-refractivity contribution in [2.45, 2.75) is 56.5 Å². The minimum absolute atomic E-state index is 0.0642. The van der Waals surface area contributed by atoms with Crippen molar-refractivity contribution in [1.29, 1.82) is 0 Å². The van der Waals surface area contributed by atoms with Crippen LogP contribution in [0.5, 0.6) is 5.75 Å². The second-order valence-electron chi connectivity index (χ2n) is 9.75. The molecule has 2 saturated carbocycles. The number of rotatable bonds is 7. The second-order valence-corrected chi connectivity index (χ2v) is 9.75. The third kappa shape index (κ3) is 4.62. The first-order chi connectivity index (χ1) is 17.5. The van der Waals surface area contributed by atoms with Gasteiger partial charge in [0, 0.05) is 29.5 Å². The highest BCUT2D eigenvalue weighted by Gasteiger charge is 2.62. The molecule has 0 saturated heterocycles. The van der Waals surface area contributed by atoms with E-state index < -0.39 is 41.3 Å². The van der Waals surface area contributed by atoms with E-state index in [1.165, 1.54) is 29.2 Å². The summed E-state index contributed by atoms with van der Waals surface area (Å²) in [5, 5.41) is 12.1. The number of anilines is 1. The van der Waals surface area contributed by atoms with Gasteiger partial charge in [0.1, 0.15) is 11.6 Å². The molecule has 2 aromatic rings. The predicted octanol–water partition coefficient (Wildman–Crippen LogP) is 4.75. The van der Waals surface area contributed by atoms with Gasteiger partial charge in [-0.2, -0.15) is 0 Å². The Bertz CT molecular complexity index is 1240. The number of carbonyl (C=O) groups excluding carboxylic acids is 2. The van der Waals surface area contributed by atoms with E-state index in [0.29, 0.717) is 24.1 Å². The number of ether oxygens (including phenoxy) is 1. The van der Waals surface area contributed by atoms with E-state index in [1.807, 2.05) is 0 Å². The zero-order chi connectivity index (χ0) is 26.5. The van der Waals surface area contributed by atoms with Crippen LogP contribution in [0.1, 0.15) is 54.4 Å². The first kappa shape index (κ1) is 25.0. The molecule has 0 spiro atoms. The first-order valence-corrected chi connectivity index (χ1v) is 12.0. The molecule has 2 N–H and O–H groups in total. The number of nitrogens with one attached hydrogen (secondary N) is 1. The van der Waals surface area contributed by atoms with Gasteiger partial charge in [-0.15, -0.1) is 13.2 Å². The molecule has 2 fully saturated rings. The number of benzene rings is 2. The van der Waals surface area contributed by atoms with E-state index >= 15 is 0 Å². The Morgan fingerprint density at radius 2 is 1.73 bits per heavy atom. The van der Waals surface area contributed by atoms with Gasteiger partial charge >= 0.3 is 12.3 Å². The molecule has 5 rings (SSSR count). The zero-order valence-corrected chi connectivity index (χ0v) is 19.6. The number of carboxylic acids is 1. The van der Waals surface area contributed by atoms with Crippen molar-refractivity contribution < 1.29 is 41.8 Å². The summed E-state index contributed by atoms with van der Waals surface area (Å²) in [5.74, 6) is -3.17. The van der Waals surface area contributed by atoms with E-state index in [9.17, 15) is 31.9 Å². The molecule has 3 aliphatic rings. The zero-order valence-electron chi connectivity index (χ0n) is 19.6. The lowest BCUT2D eigenvalue weighted by atomic mass is 9.58. The van der Waals surface area contributed by atoms with Crippen LogP contribution in [-0.2, 0) is 15.1 Å². The smallest absolute Gasteiger partial charge is 0.481 e. The molecule has 196 valence electrons. The Morgan fingerprint density at radius 3 is 2.30 bits per heavy atom. The van der Waals surface area contributed by atoms with Gasteiger partial charge in [-0.3, -0.25) is 14.4 Å². The normalized spacial score (nSPS) is 24.4. The monoisotopic (exact) mass is 520 g/mol. The van der Waals surface area contributed by atoms with Crippen LogP contribution in [0.25, 0.3) is 0 Å². The summed E-state index contributed by atoms with van der Waals surface area (Å²) in [6.07, 6.45) is -2.44. The van der Waals surface area contributed by atoms with Crippen molar-refractivity contribution in [2.75, 3.05) is 4.90 Å². The van der Waals surface area contributed by atoms with E-state index in [2.05, 4.69) is 10.1 Å². The number of carbonyl (C=O) groups is 3. The highest BCUT2D eigenvalue weighted by atomic mass is 19.4. The van der Waals surface area contributed by atoms with Gasteiger partial charge in [-0.05, 0) is 68.0 Å². The van der Waals surface area contributed by atoms with Crippen molar-refractivity contribution in [2.24, 2.45) is 11.8 Å². The van der Waals surface area contributed by atoms with Crippen molar-refractivity contribution in [1.82, 2.24) is 5.32 Å². The van der Waals surface area contributed by atoms with Crippen LogP contribution in [0.15, 0.2) is 42.5 Å². The molecule has 3 atom stereocenters. The fourth-order valence-corrected chi connectivity index (χ4v) is 5.79. The standard InChI is InChI=1S/C26H24F4N2O5/c27-16-5-8-19-21(13-16)32(24(36)14-1-6-17(7-2-14)37-26(28,29)30)20-10-9-18(20)25(19,15-3-4-15)31-22(33)11-12-23(34)35/h1-2,5-8,13,15,18,20H,3-4,9-12H2,(H,31,33)(H,34,35)/t18-,20+,25-/m0/s1. The molecule has 1 heterocycles. The molecule has 11 heteroatoms. The molecular formula is C26H24F4N2O5. The van der Waals surface area contributed by atoms with Crippen molar-refractivity contribution >= 4 is 23.5 Å². The molecule has 7 nitrogen and oxygen atoms in total. The number of nitrogens with zero attached hydrogens (tertiary/aromatic N) is 1. The highest BCUT2D eigenvalue weighted by Crippen LogP contribution is 2.61. The van der Waals surface area contributed by atoms with E-state index in [1.54, 1.807) is 6.07 Å². The van der Waals surface area contributed by atoms with Crippen molar-refractivity contribution in [3.8, 4) is 5.75 Å². The number of fused-ring (bicyclic) bond motifs is 2. The number of carboxylic acid groups (broad SMARTS) is 1. The minimum Gasteiger partial charge on any atom is -0.481 e. The summed E-state index contributed by atoms with van der Waals surface area (Å²) in [4.78, 5) is 39.0. The predicted molar refractivity (Wildman–Crippen MR) is 122 cm³/mol. The van der Waals surface area contributed by atoms with Gasteiger partial charge in [-0.1, -0.05) is 6.07 Å². The van der Waals surface area contributed by atoms with Gasteiger partial charge in [0.05, 0.1) is 17.6 Å². The quantitative estimate of drug-likeness (QED) is 0.514. The molecule has 2 aliphatic carbocycles. The number of hydrogen-bond donors (Lipinski definition) is 2. The Balaban J connectivity index is 1.52. The highest BCUT2D eigenvalue weighted by molar-refractivity contribution is 6.08.